The van der Waals surface area contributed by atoms with E-state index in [0.29, 0.717) is 17.1 Å². The van der Waals surface area contributed by atoms with Crippen molar-refractivity contribution in [3.8, 4) is 5.75 Å². The Kier molecular flexibility index (Phi) is 3.07. The molecule has 1 atom stereocenters. The van der Waals surface area contributed by atoms with Gasteiger partial charge in [0.25, 0.3) is 0 Å². The highest BCUT2D eigenvalue weighted by Gasteiger charge is 2.15. The van der Waals surface area contributed by atoms with Crippen LogP contribution in [0.5, 0.6) is 5.75 Å². The fraction of sp³-hybridized carbons (Fsp3) is 0.182. The smallest absolute Gasteiger partial charge is 0.142 e. The Morgan fingerprint density at radius 3 is 2.81 bits per heavy atom. The van der Waals surface area contributed by atoms with Crippen molar-refractivity contribution in [1.29, 1.82) is 0 Å². The number of ether oxygens (including phenoxy) is 1. The van der Waals surface area contributed by atoms with Crippen LogP contribution in [-0.2, 0) is 0 Å². The zero-order chi connectivity index (χ0) is 11.4. The van der Waals surface area contributed by atoms with E-state index in [1.54, 1.807) is 31.6 Å². The van der Waals surface area contributed by atoms with Gasteiger partial charge in [-0.3, -0.25) is 4.98 Å². The van der Waals surface area contributed by atoms with Gasteiger partial charge in [-0.1, -0.05) is 0 Å². The van der Waals surface area contributed by atoms with Crippen molar-refractivity contribution < 1.29 is 4.74 Å². The molecule has 2 heterocycles. The molecule has 16 heavy (non-hydrogen) atoms. The number of hydrogen-bond donors (Lipinski definition) is 1. The third kappa shape index (κ3) is 1.99. The molecule has 0 saturated heterocycles. The summed E-state index contributed by atoms with van der Waals surface area (Å²) in [6, 6.07) is 4.98. The van der Waals surface area contributed by atoms with Gasteiger partial charge in [-0.15, -0.1) is 0 Å². The van der Waals surface area contributed by atoms with E-state index in [2.05, 4.69) is 15.0 Å². The first-order valence-corrected chi connectivity index (χ1v) is 4.83. The lowest BCUT2D eigenvalue weighted by Gasteiger charge is -2.13. The van der Waals surface area contributed by atoms with Gasteiger partial charge < -0.3 is 10.5 Å². The van der Waals surface area contributed by atoms with Gasteiger partial charge in [-0.25, -0.2) is 9.97 Å². The Bertz CT molecular complexity index is 461. The Hall–Kier alpha value is -2.01. The Balaban J connectivity index is 2.37. The second-order valence-electron chi connectivity index (χ2n) is 3.20. The molecule has 2 aromatic heterocycles. The van der Waals surface area contributed by atoms with Gasteiger partial charge in [0.05, 0.1) is 18.8 Å². The molecule has 2 rings (SSSR count). The van der Waals surface area contributed by atoms with E-state index >= 15 is 0 Å². The van der Waals surface area contributed by atoms with Crippen LogP contribution in [0.15, 0.2) is 36.9 Å². The largest absolute Gasteiger partial charge is 0.495 e. The number of pyridine rings is 1. The lowest BCUT2D eigenvalue weighted by Crippen LogP contribution is -2.16. The predicted molar refractivity (Wildman–Crippen MR) is 58.9 cm³/mol. The maximum absolute atomic E-state index is 6.06. The summed E-state index contributed by atoms with van der Waals surface area (Å²) in [5.41, 5.74) is 7.44. The maximum Gasteiger partial charge on any atom is 0.142 e. The highest BCUT2D eigenvalue weighted by Crippen LogP contribution is 2.24. The van der Waals surface area contributed by atoms with Crippen LogP contribution in [0.1, 0.15) is 17.4 Å². The summed E-state index contributed by atoms with van der Waals surface area (Å²) in [6.07, 6.45) is 4.79. The van der Waals surface area contributed by atoms with E-state index in [0.717, 1.165) is 0 Å². The number of hydrogen-bond acceptors (Lipinski definition) is 5. The molecule has 0 amide bonds. The van der Waals surface area contributed by atoms with E-state index in [1.165, 1.54) is 6.33 Å². The second kappa shape index (κ2) is 4.67. The average molecular weight is 216 g/mol. The van der Waals surface area contributed by atoms with Crippen LogP contribution in [-0.4, -0.2) is 22.1 Å². The molecule has 0 aliphatic heterocycles. The summed E-state index contributed by atoms with van der Waals surface area (Å²) in [4.78, 5) is 12.2. The van der Waals surface area contributed by atoms with E-state index in [4.69, 9.17) is 10.5 Å². The van der Waals surface area contributed by atoms with E-state index in [9.17, 15) is 0 Å². The van der Waals surface area contributed by atoms with E-state index < -0.39 is 6.04 Å². The standard InChI is InChI=1S/C11H12N4O/c1-16-9-3-2-5-14-11(9)10(12)8-4-6-13-7-15-8/h2-7,10H,12H2,1H3. The molecule has 0 spiro atoms. The molecular formula is C11H12N4O. The van der Waals surface area contributed by atoms with Crippen molar-refractivity contribution in [1.82, 2.24) is 15.0 Å². The van der Waals surface area contributed by atoms with Crippen molar-refractivity contribution in [3.63, 3.8) is 0 Å². The summed E-state index contributed by atoms with van der Waals surface area (Å²) < 4.78 is 5.20. The highest BCUT2D eigenvalue weighted by atomic mass is 16.5. The quantitative estimate of drug-likeness (QED) is 0.826. The van der Waals surface area contributed by atoms with E-state index in [1.807, 2.05) is 6.07 Å². The van der Waals surface area contributed by atoms with Crippen molar-refractivity contribution in [2.45, 2.75) is 6.04 Å². The number of nitrogens with two attached hydrogens (primary N) is 1. The first kappa shape index (κ1) is 10.5. The molecular weight excluding hydrogens is 204 g/mol. The second-order valence-corrected chi connectivity index (χ2v) is 3.20. The molecule has 2 N–H and O–H groups in total. The minimum atomic E-state index is -0.404. The van der Waals surface area contributed by atoms with Crippen molar-refractivity contribution in [2.75, 3.05) is 7.11 Å². The Labute approximate surface area is 93.3 Å². The van der Waals surface area contributed by atoms with Gasteiger partial charge in [-0.2, -0.15) is 0 Å². The third-order valence-electron chi connectivity index (χ3n) is 2.24. The minimum Gasteiger partial charge on any atom is -0.495 e. The molecule has 0 bridgehead atoms. The first-order valence-electron chi connectivity index (χ1n) is 4.83. The number of methoxy groups -OCH3 is 1. The molecule has 0 radical (unpaired) electrons. The number of rotatable bonds is 3. The normalized spacial score (nSPS) is 12.1. The fourth-order valence-electron chi connectivity index (χ4n) is 1.43. The van der Waals surface area contributed by atoms with Gasteiger partial charge in [0.2, 0.25) is 0 Å². The fourth-order valence-corrected chi connectivity index (χ4v) is 1.43. The average Bonchev–Trinajstić information content (AvgIpc) is 2.39. The number of nitrogens with zero attached hydrogens (tertiary/aromatic N) is 3. The summed E-state index contributed by atoms with van der Waals surface area (Å²) in [5, 5.41) is 0. The van der Waals surface area contributed by atoms with Gasteiger partial charge in [0.15, 0.2) is 0 Å². The van der Waals surface area contributed by atoms with E-state index in [-0.39, 0.29) is 0 Å². The molecule has 82 valence electrons. The van der Waals surface area contributed by atoms with Gasteiger partial charge in [-0.05, 0) is 18.2 Å². The van der Waals surface area contributed by atoms with Crippen molar-refractivity contribution in [2.24, 2.45) is 5.73 Å². The zero-order valence-electron chi connectivity index (χ0n) is 8.87. The monoisotopic (exact) mass is 216 g/mol. The summed E-state index contributed by atoms with van der Waals surface area (Å²) >= 11 is 0. The van der Waals surface area contributed by atoms with Crippen molar-refractivity contribution >= 4 is 0 Å². The molecule has 5 heteroatoms. The van der Waals surface area contributed by atoms with Crippen molar-refractivity contribution in [3.05, 3.63) is 48.3 Å². The predicted octanol–water partition coefficient (Wildman–Crippen LogP) is 0.928. The van der Waals surface area contributed by atoms with Crippen LogP contribution in [0.2, 0.25) is 0 Å². The first-order chi connectivity index (χ1) is 7.83. The summed E-state index contributed by atoms with van der Waals surface area (Å²) in [7, 11) is 1.59. The summed E-state index contributed by atoms with van der Waals surface area (Å²) in [5.74, 6) is 0.661. The molecule has 0 aliphatic carbocycles. The van der Waals surface area contributed by atoms with Gasteiger partial charge in [0, 0.05) is 12.4 Å². The van der Waals surface area contributed by atoms with Gasteiger partial charge >= 0.3 is 0 Å². The minimum absolute atomic E-state index is 0.404. The third-order valence-corrected chi connectivity index (χ3v) is 2.24. The highest BCUT2D eigenvalue weighted by molar-refractivity contribution is 5.33. The molecule has 0 saturated carbocycles. The topological polar surface area (TPSA) is 73.9 Å². The molecule has 0 aliphatic rings. The molecule has 1 unspecified atom stereocenters. The molecule has 5 nitrogen and oxygen atoms in total. The maximum atomic E-state index is 6.06. The van der Waals surface area contributed by atoms with Crippen LogP contribution in [0.3, 0.4) is 0 Å². The Morgan fingerprint density at radius 1 is 1.25 bits per heavy atom. The Morgan fingerprint density at radius 2 is 2.12 bits per heavy atom. The van der Waals surface area contributed by atoms with Gasteiger partial charge in [0.1, 0.15) is 17.8 Å². The lowest BCUT2D eigenvalue weighted by atomic mass is 10.1. The molecule has 0 aromatic carbocycles. The lowest BCUT2D eigenvalue weighted by molar-refractivity contribution is 0.404. The van der Waals surface area contributed by atoms with Crippen LogP contribution in [0.25, 0.3) is 0 Å². The number of aromatic nitrogens is 3. The zero-order valence-corrected chi connectivity index (χ0v) is 8.87. The molecule has 2 aromatic rings. The van der Waals surface area contributed by atoms with Crippen LogP contribution in [0, 0.1) is 0 Å². The van der Waals surface area contributed by atoms with Crippen LogP contribution < -0.4 is 10.5 Å². The summed E-state index contributed by atoms with van der Waals surface area (Å²) in [6.45, 7) is 0. The van der Waals surface area contributed by atoms with Crippen LogP contribution in [0.4, 0.5) is 0 Å². The molecule has 0 fully saturated rings. The SMILES string of the molecule is COc1cccnc1C(N)c1ccncn1. The van der Waals surface area contributed by atoms with Crippen LogP contribution >= 0.6 is 0 Å².